The lowest BCUT2D eigenvalue weighted by Gasteiger charge is -2.57. The van der Waals surface area contributed by atoms with Crippen molar-refractivity contribution in [1.82, 2.24) is 0 Å². The fourth-order valence-corrected chi connectivity index (χ4v) is 16.7. The van der Waals surface area contributed by atoms with Gasteiger partial charge >= 0.3 is 0 Å². The van der Waals surface area contributed by atoms with Crippen molar-refractivity contribution in [2.75, 3.05) is 4.90 Å². The Balaban J connectivity index is 0.951. The van der Waals surface area contributed by atoms with Crippen molar-refractivity contribution in [2.45, 2.75) is 68.6 Å². The highest BCUT2D eigenvalue weighted by atomic mass is 15.1. The molecule has 1 spiro atoms. The van der Waals surface area contributed by atoms with Crippen molar-refractivity contribution in [3.8, 4) is 55.6 Å². The topological polar surface area (TPSA) is 3.24 Å². The Hall–Kier alpha value is -7.74. The van der Waals surface area contributed by atoms with Crippen LogP contribution in [0.3, 0.4) is 0 Å². The molecule has 17 rings (SSSR count). The lowest BCUT2D eigenvalue weighted by molar-refractivity contribution is -0.00517. The van der Waals surface area contributed by atoms with Gasteiger partial charge < -0.3 is 4.90 Å². The van der Waals surface area contributed by atoms with E-state index in [0.717, 1.165) is 23.4 Å². The van der Waals surface area contributed by atoms with E-state index in [1.165, 1.54) is 150 Å². The lowest BCUT2D eigenvalue weighted by Crippen LogP contribution is -2.48. The predicted molar refractivity (Wildman–Crippen MR) is 303 cm³/mol. The molecular formula is C72H57N. The highest BCUT2D eigenvalue weighted by molar-refractivity contribution is 6.07. The Morgan fingerprint density at radius 1 is 0.370 bits per heavy atom. The van der Waals surface area contributed by atoms with Crippen molar-refractivity contribution < 1.29 is 0 Å². The molecule has 4 bridgehead atoms. The third-order valence-corrected chi connectivity index (χ3v) is 19.2. The van der Waals surface area contributed by atoms with Gasteiger partial charge in [0.05, 0.1) is 11.1 Å². The second-order valence-corrected chi connectivity index (χ2v) is 23.4. The first-order chi connectivity index (χ1) is 35.9. The summed E-state index contributed by atoms with van der Waals surface area (Å²) in [4.78, 5) is 2.61. The highest BCUT2D eigenvalue weighted by Gasteiger charge is 2.55. The van der Waals surface area contributed by atoms with Gasteiger partial charge in [0.15, 0.2) is 0 Å². The van der Waals surface area contributed by atoms with Crippen LogP contribution in [0.4, 0.5) is 17.1 Å². The summed E-state index contributed by atoms with van der Waals surface area (Å²) in [5.41, 5.74) is 26.2. The van der Waals surface area contributed by atoms with Crippen molar-refractivity contribution >= 4 is 27.8 Å². The van der Waals surface area contributed by atoms with Crippen LogP contribution in [-0.4, -0.2) is 0 Å². The lowest BCUT2D eigenvalue weighted by atomic mass is 9.48. The van der Waals surface area contributed by atoms with Crippen LogP contribution in [0.15, 0.2) is 218 Å². The van der Waals surface area contributed by atoms with Crippen LogP contribution in [0.25, 0.3) is 66.4 Å². The Morgan fingerprint density at radius 2 is 0.904 bits per heavy atom. The quantitative estimate of drug-likeness (QED) is 0.161. The summed E-state index contributed by atoms with van der Waals surface area (Å²) in [7, 11) is 0. The van der Waals surface area contributed by atoms with Gasteiger partial charge in [0.2, 0.25) is 0 Å². The summed E-state index contributed by atoms with van der Waals surface area (Å²) in [6.07, 6.45) is 8.45. The number of benzene rings is 10. The molecule has 0 aromatic heterocycles. The standard InChI is InChI=1S/C72H57N/c1-70(2)61-27-9-8-24-59(61)69-65(70)30-15-31-67(69)73(52-21-12-20-50(39-52)55-26-14-19-49-18-13-25-54(68(49)55)48-16-4-3-5-17-48)53-33-34-58-60-40-51(71-42-45-36-46(43-71)38-47(37-45)44-71)32-35-64(60)72(66(58)41-53)62-28-10-6-22-56(62)57-23-7-11-29-63(57)72/h3-35,39-41,45-47H,36-38,42-44H2,1-2H3. The fourth-order valence-electron chi connectivity index (χ4n) is 16.7. The Kier molecular flexibility index (Phi) is 8.69. The predicted octanol–water partition coefficient (Wildman–Crippen LogP) is 18.8. The molecular weight excluding hydrogens is 879 g/mol. The number of rotatable bonds is 6. The van der Waals surface area contributed by atoms with E-state index in [4.69, 9.17) is 0 Å². The molecule has 0 saturated heterocycles. The average Bonchev–Trinajstić information content (AvgIpc) is 3.98. The summed E-state index contributed by atoms with van der Waals surface area (Å²) in [6.45, 7) is 4.81. The molecule has 0 heterocycles. The molecule has 0 atom stereocenters. The minimum Gasteiger partial charge on any atom is -0.310 e. The molecule has 4 saturated carbocycles. The Bertz CT molecular complexity index is 3860. The maximum absolute atomic E-state index is 2.71. The molecule has 4 fully saturated rings. The summed E-state index contributed by atoms with van der Waals surface area (Å²) < 4.78 is 0. The van der Waals surface area contributed by atoms with Gasteiger partial charge in [-0.2, -0.15) is 0 Å². The van der Waals surface area contributed by atoms with Crippen molar-refractivity contribution in [3.63, 3.8) is 0 Å². The second-order valence-electron chi connectivity index (χ2n) is 23.4. The zero-order valence-corrected chi connectivity index (χ0v) is 41.7. The van der Waals surface area contributed by atoms with Crippen LogP contribution in [0.2, 0.25) is 0 Å². The number of anilines is 3. The van der Waals surface area contributed by atoms with Crippen LogP contribution in [0.5, 0.6) is 0 Å². The van der Waals surface area contributed by atoms with E-state index in [2.05, 4.69) is 237 Å². The van der Waals surface area contributed by atoms with Crippen molar-refractivity contribution in [3.05, 3.63) is 257 Å². The van der Waals surface area contributed by atoms with Crippen LogP contribution in [0.1, 0.15) is 91.3 Å². The summed E-state index contributed by atoms with van der Waals surface area (Å²) in [6, 6.07) is 84.1. The first-order valence-corrected chi connectivity index (χ1v) is 27.1. The van der Waals surface area contributed by atoms with E-state index in [9.17, 15) is 0 Å². The van der Waals surface area contributed by atoms with Crippen molar-refractivity contribution in [2.24, 2.45) is 17.8 Å². The smallest absolute Gasteiger partial charge is 0.0726 e. The van der Waals surface area contributed by atoms with E-state index in [1.54, 1.807) is 5.56 Å². The highest BCUT2D eigenvalue weighted by Crippen LogP contribution is 2.66. The van der Waals surface area contributed by atoms with Gasteiger partial charge in [0.1, 0.15) is 0 Å². The summed E-state index contributed by atoms with van der Waals surface area (Å²) in [5, 5.41) is 2.52. The average molecular weight is 936 g/mol. The largest absolute Gasteiger partial charge is 0.310 e. The van der Waals surface area contributed by atoms with E-state index in [1.807, 2.05) is 0 Å². The zero-order chi connectivity index (χ0) is 48.2. The number of hydrogen-bond donors (Lipinski definition) is 0. The zero-order valence-electron chi connectivity index (χ0n) is 41.7. The minimum absolute atomic E-state index is 0.151. The molecule has 0 amide bonds. The molecule has 1 nitrogen and oxygen atoms in total. The SMILES string of the molecule is CC1(C)c2ccccc2-c2c(N(c3cccc(-c4cccc5cccc(-c6ccccc6)c45)c3)c3ccc4c(c3)C3(c5ccccc5-c5ccccc53)c3ccc(C56CC7CC(CC(C7)C5)C6)cc3-4)cccc21. The normalized spacial score (nSPS) is 21.4. The van der Waals surface area contributed by atoms with Gasteiger partial charge in [-0.05, 0) is 192 Å². The van der Waals surface area contributed by atoms with E-state index >= 15 is 0 Å². The number of fused-ring (bicyclic) bond motifs is 14. The Labute approximate surface area is 429 Å². The summed E-state index contributed by atoms with van der Waals surface area (Å²) in [5.74, 6) is 2.67. The van der Waals surface area contributed by atoms with Crippen LogP contribution in [-0.2, 0) is 16.2 Å². The molecule has 10 aromatic rings. The van der Waals surface area contributed by atoms with Gasteiger partial charge in [0, 0.05) is 22.4 Å². The van der Waals surface area contributed by atoms with Gasteiger partial charge in [-0.25, -0.2) is 0 Å². The monoisotopic (exact) mass is 935 g/mol. The Morgan fingerprint density at radius 3 is 1.62 bits per heavy atom. The third kappa shape index (κ3) is 5.74. The van der Waals surface area contributed by atoms with E-state index < -0.39 is 5.41 Å². The molecule has 350 valence electrons. The third-order valence-electron chi connectivity index (χ3n) is 19.2. The molecule has 7 aliphatic rings. The van der Waals surface area contributed by atoms with E-state index in [0.29, 0.717) is 5.41 Å². The van der Waals surface area contributed by atoms with Crippen molar-refractivity contribution in [1.29, 1.82) is 0 Å². The first kappa shape index (κ1) is 41.8. The van der Waals surface area contributed by atoms with Gasteiger partial charge in [-0.15, -0.1) is 0 Å². The summed E-state index contributed by atoms with van der Waals surface area (Å²) >= 11 is 0. The minimum atomic E-state index is -0.467. The maximum Gasteiger partial charge on any atom is 0.0726 e. The molecule has 0 unspecified atom stereocenters. The molecule has 0 aliphatic heterocycles. The van der Waals surface area contributed by atoms with Gasteiger partial charge in [0.25, 0.3) is 0 Å². The molecule has 0 N–H and O–H groups in total. The van der Waals surface area contributed by atoms with E-state index in [-0.39, 0.29) is 5.41 Å². The molecule has 73 heavy (non-hydrogen) atoms. The number of hydrogen-bond acceptors (Lipinski definition) is 1. The second kappa shape index (κ2) is 15.2. The van der Waals surface area contributed by atoms with Gasteiger partial charge in [-0.3, -0.25) is 0 Å². The fraction of sp³-hybridized carbons (Fsp3) is 0.194. The molecule has 10 aromatic carbocycles. The number of nitrogens with zero attached hydrogens (tertiary/aromatic N) is 1. The first-order valence-electron chi connectivity index (χ1n) is 27.1. The molecule has 7 aliphatic carbocycles. The van der Waals surface area contributed by atoms with Crippen LogP contribution in [0, 0.1) is 17.8 Å². The van der Waals surface area contributed by atoms with Gasteiger partial charge in [-0.1, -0.05) is 202 Å². The van der Waals surface area contributed by atoms with Crippen LogP contribution < -0.4 is 4.90 Å². The molecule has 0 radical (unpaired) electrons. The molecule has 1 heteroatoms. The van der Waals surface area contributed by atoms with Crippen LogP contribution >= 0.6 is 0 Å². The maximum atomic E-state index is 2.71.